The van der Waals surface area contributed by atoms with Crippen LogP contribution in [-0.2, 0) is 4.74 Å². The molecule has 2 nitrogen and oxygen atoms in total. The van der Waals surface area contributed by atoms with Crippen molar-refractivity contribution in [3.8, 4) is 0 Å². The first-order valence-electron chi connectivity index (χ1n) is 6.11. The summed E-state index contributed by atoms with van der Waals surface area (Å²) in [6.45, 7) is 5.65. The number of ether oxygens (including phenoxy) is 1. The normalized spacial score (nSPS) is 31.1. The summed E-state index contributed by atoms with van der Waals surface area (Å²) in [5.41, 5.74) is 0.582. The Kier molecular flexibility index (Phi) is 3.45. The first-order chi connectivity index (χ1) is 6.79. The average Bonchev–Trinajstić information content (AvgIpc) is 2.77. The summed E-state index contributed by atoms with van der Waals surface area (Å²) >= 11 is 0. The minimum Gasteiger partial charge on any atom is -0.377 e. The number of hydrogen-bond donors (Lipinski definition) is 1. The lowest BCUT2D eigenvalue weighted by Gasteiger charge is -2.24. The molecule has 0 bridgehead atoms. The molecule has 1 N–H and O–H groups in total. The molecule has 82 valence electrons. The van der Waals surface area contributed by atoms with E-state index < -0.39 is 0 Å². The highest BCUT2D eigenvalue weighted by Gasteiger charge is 2.28. The molecule has 14 heavy (non-hydrogen) atoms. The summed E-state index contributed by atoms with van der Waals surface area (Å²) in [4.78, 5) is 0. The molecule has 2 rings (SSSR count). The molecule has 1 aliphatic carbocycles. The van der Waals surface area contributed by atoms with Crippen LogP contribution in [0.4, 0.5) is 0 Å². The molecule has 1 heterocycles. The molecule has 0 spiro atoms. The van der Waals surface area contributed by atoms with Gasteiger partial charge < -0.3 is 10.1 Å². The number of nitrogens with one attached hydrogen (secondary N) is 1. The fourth-order valence-corrected chi connectivity index (χ4v) is 2.75. The van der Waals surface area contributed by atoms with Crippen molar-refractivity contribution in [2.45, 2.75) is 51.6 Å². The molecule has 0 amide bonds. The van der Waals surface area contributed by atoms with Crippen molar-refractivity contribution >= 4 is 0 Å². The second-order valence-corrected chi connectivity index (χ2v) is 5.28. The van der Waals surface area contributed by atoms with Gasteiger partial charge in [0.1, 0.15) is 0 Å². The molecule has 1 unspecified atom stereocenters. The van der Waals surface area contributed by atoms with Crippen molar-refractivity contribution in [1.82, 2.24) is 5.32 Å². The van der Waals surface area contributed by atoms with E-state index in [0.29, 0.717) is 11.5 Å². The predicted molar refractivity (Wildman–Crippen MR) is 58.4 cm³/mol. The van der Waals surface area contributed by atoms with Gasteiger partial charge in [0, 0.05) is 19.7 Å². The zero-order valence-electron chi connectivity index (χ0n) is 9.35. The third-order valence-corrected chi connectivity index (χ3v) is 3.76. The predicted octanol–water partition coefficient (Wildman–Crippen LogP) is 2.34. The van der Waals surface area contributed by atoms with Gasteiger partial charge in [-0.1, -0.05) is 19.8 Å². The van der Waals surface area contributed by atoms with Crippen LogP contribution >= 0.6 is 0 Å². The van der Waals surface area contributed by atoms with E-state index in [4.69, 9.17) is 4.74 Å². The van der Waals surface area contributed by atoms with Crippen molar-refractivity contribution in [3.05, 3.63) is 0 Å². The zero-order valence-corrected chi connectivity index (χ0v) is 9.35. The monoisotopic (exact) mass is 197 g/mol. The lowest BCUT2D eigenvalue weighted by molar-refractivity contribution is 0.107. The molecule has 0 radical (unpaired) electrons. The Balaban J connectivity index is 1.61. The quantitative estimate of drug-likeness (QED) is 0.747. The number of hydrogen-bond acceptors (Lipinski definition) is 2. The molecular formula is C12H23NO. The van der Waals surface area contributed by atoms with Gasteiger partial charge in [-0.15, -0.1) is 0 Å². The highest BCUT2D eigenvalue weighted by molar-refractivity contribution is 4.83. The molecule has 0 aromatic rings. The van der Waals surface area contributed by atoms with Crippen LogP contribution in [0.5, 0.6) is 0 Å². The largest absolute Gasteiger partial charge is 0.377 e. The van der Waals surface area contributed by atoms with Gasteiger partial charge in [0.15, 0.2) is 0 Å². The molecule has 0 aromatic heterocycles. The zero-order chi connectivity index (χ0) is 9.86. The van der Waals surface area contributed by atoms with Crippen molar-refractivity contribution in [2.24, 2.45) is 5.41 Å². The van der Waals surface area contributed by atoms with Gasteiger partial charge in [-0.25, -0.2) is 0 Å². The van der Waals surface area contributed by atoms with E-state index >= 15 is 0 Å². The maximum Gasteiger partial charge on any atom is 0.0700 e. The van der Waals surface area contributed by atoms with Gasteiger partial charge in [-0.05, 0) is 31.1 Å². The van der Waals surface area contributed by atoms with Crippen molar-refractivity contribution < 1.29 is 4.74 Å². The van der Waals surface area contributed by atoms with E-state index in [1.54, 1.807) is 0 Å². The first kappa shape index (κ1) is 10.4. The maximum atomic E-state index is 5.59. The molecule has 1 atom stereocenters. The summed E-state index contributed by atoms with van der Waals surface area (Å²) in [5, 5.41) is 3.58. The second kappa shape index (κ2) is 4.63. The minimum absolute atomic E-state index is 0.500. The van der Waals surface area contributed by atoms with Crippen LogP contribution < -0.4 is 5.32 Å². The lowest BCUT2D eigenvalue weighted by Crippen LogP contribution is -2.34. The molecular weight excluding hydrogens is 174 g/mol. The Morgan fingerprint density at radius 2 is 2.07 bits per heavy atom. The van der Waals surface area contributed by atoms with Crippen LogP contribution in [-0.4, -0.2) is 25.8 Å². The Morgan fingerprint density at radius 1 is 1.29 bits per heavy atom. The van der Waals surface area contributed by atoms with E-state index in [-0.39, 0.29) is 0 Å². The highest BCUT2D eigenvalue weighted by atomic mass is 16.5. The Hall–Kier alpha value is -0.0800. The van der Waals surface area contributed by atoms with Crippen LogP contribution in [0, 0.1) is 5.41 Å². The maximum absolute atomic E-state index is 5.59. The van der Waals surface area contributed by atoms with Crippen molar-refractivity contribution in [1.29, 1.82) is 0 Å². The fourth-order valence-electron chi connectivity index (χ4n) is 2.75. The molecule has 1 aliphatic heterocycles. The molecule has 1 saturated heterocycles. The van der Waals surface area contributed by atoms with Crippen LogP contribution in [0.2, 0.25) is 0 Å². The van der Waals surface area contributed by atoms with E-state index in [1.165, 1.54) is 45.1 Å². The summed E-state index contributed by atoms with van der Waals surface area (Å²) < 4.78 is 5.59. The van der Waals surface area contributed by atoms with Gasteiger partial charge >= 0.3 is 0 Å². The fraction of sp³-hybridized carbons (Fsp3) is 1.00. The molecule has 2 heteroatoms. The molecule has 0 aromatic carbocycles. The van der Waals surface area contributed by atoms with Gasteiger partial charge in [0.25, 0.3) is 0 Å². The van der Waals surface area contributed by atoms with Crippen LogP contribution in [0.3, 0.4) is 0 Å². The highest BCUT2D eigenvalue weighted by Crippen LogP contribution is 2.36. The Morgan fingerprint density at radius 3 is 2.71 bits per heavy atom. The van der Waals surface area contributed by atoms with Crippen LogP contribution in [0.25, 0.3) is 0 Å². The Bertz CT molecular complexity index is 169. The van der Waals surface area contributed by atoms with Gasteiger partial charge in [0.05, 0.1) is 6.10 Å². The van der Waals surface area contributed by atoms with Crippen molar-refractivity contribution in [2.75, 3.05) is 19.7 Å². The SMILES string of the molecule is CC1(CNCC2CCCO2)CCCC1. The minimum atomic E-state index is 0.500. The third kappa shape index (κ3) is 2.71. The average molecular weight is 197 g/mol. The second-order valence-electron chi connectivity index (χ2n) is 5.28. The summed E-state index contributed by atoms with van der Waals surface area (Å²) in [6.07, 6.45) is 8.68. The Labute approximate surface area is 87.4 Å². The smallest absolute Gasteiger partial charge is 0.0700 e. The summed E-state index contributed by atoms with van der Waals surface area (Å²) in [6, 6.07) is 0. The van der Waals surface area contributed by atoms with Crippen LogP contribution in [0.15, 0.2) is 0 Å². The number of rotatable bonds is 4. The molecule has 2 aliphatic rings. The van der Waals surface area contributed by atoms with E-state index in [2.05, 4.69) is 12.2 Å². The lowest BCUT2D eigenvalue weighted by atomic mass is 9.89. The third-order valence-electron chi connectivity index (χ3n) is 3.76. The summed E-state index contributed by atoms with van der Waals surface area (Å²) in [5.74, 6) is 0. The van der Waals surface area contributed by atoms with Gasteiger partial charge in [-0.3, -0.25) is 0 Å². The first-order valence-corrected chi connectivity index (χ1v) is 6.11. The topological polar surface area (TPSA) is 21.3 Å². The molecule has 1 saturated carbocycles. The van der Waals surface area contributed by atoms with E-state index in [1.807, 2.05) is 0 Å². The van der Waals surface area contributed by atoms with Gasteiger partial charge in [-0.2, -0.15) is 0 Å². The summed E-state index contributed by atoms with van der Waals surface area (Å²) in [7, 11) is 0. The van der Waals surface area contributed by atoms with E-state index in [9.17, 15) is 0 Å². The van der Waals surface area contributed by atoms with Crippen molar-refractivity contribution in [3.63, 3.8) is 0 Å². The van der Waals surface area contributed by atoms with Gasteiger partial charge in [0.2, 0.25) is 0 Å². The standard InChI is InChI=1S/C12H23NO/c1-12(6-2-3-7-12)10-13-9-11-5-4-8-14-11/h11,13H,2-10H2,1H3. The van der Waals surface area contributed by atoms with E-state index in [0.717, 1.165) is 13.2 Å². The van der Waals surface area contributed by atoms with Crippen LogP contribution in [0.1, 0.15) is 45.4 Å². The molecule has 2 fully saturated rings.